The van der Waals surface area contributed by atoms with Crippen molar-refractivity contribution in [3.05, 3.63) is 47.5 Å². The minimum absolute atomic E-state index is 0.00790. The van der Waals surface area contributed by atoms with Crippen molar-refractivity contribution in [2.24, 2.45) is 0 Å². The highest BCUT2D eigenvalue weighted by atomic mass is 16.3. The molecule has 18 heavy (non-hydrogen) atoms. The molecule has 0 saturated heterocycles. The molecule has 0 atom stereocenters. The van der Waals surface area contributed by atoms with E-state index in [2.05, 4.69) is 0 Å². The fraction of sp³-hybridized carbons (Fsp3) is 0. The zero-order chi connectivity index (χ0) is 13.3. The molecule has 0 heterocycles. The molecule has 92 valence electrons. The second kappa shape index (κ2) is 4.29. The van der Waals surface area contributed by atoms with Gasteiger partial charge in [-0.15, -0.1) is 0 Å². The van der Waals surface area contributed by atoms with Gasteiger partial charge in [0, 0.05) is 11.3 Å². The summed E-state index contributed by atoms with van der Waals surface area (Å²) in [6.07, 6.45) is 0. The lowest BCUT2D eigenvalue weighted by molar-refractivity contribution is 0.103. The maximum Gasteiger partial charge on any atom is 0.196 e. The summed E-state index contributed by atoms with van der Waals surface area (Å²) in [5, 5.41) is 19.2. The third-order valence-corrected chi connectivity index (χ3v) is 2.60. The lowest BCUT2D eigenvalue weighted by Gasteiger charge is -2.07. The van der Waals surface area contributed by atoms with Crippen LogP contribution in [0.5, 0.6) is 11.5 Å². The van der Waals surface area contributed by atoms with Crippen LogP contribution in [0.3, 0.4) is 0 Å². The Morgan fingerprint density at radius 2 is 1.50 bits per heavy atom. The van der Waals surface area contributed by atoms with Crippen LogP contribution in [0.2, 0.25) is 0 Å². The minimum Gasteiger partial charge on any atom is -0.504 e. The summed E-state index contributed by atoms with van der Waals surface area (Å²) in [6.45, 7) is 0. The van der Waals surface area contributed by atoms with Crippen LogP contribution in [0, 0.1) is 0 Å². The zero-order valence-corrected chi connectivity index (χ0v) is 9.42. The first-order valence-corrected chi connectivity index (χ1v) is 5.21. The van der Waals surface area contributed by atoms with Gasteiger partial charge in [0.15, 0.2) is 17.3 Å². The van der Waals surface area contributed by atoms with E-state index in [1.54, 1.807) is 24.3 Å². The number of hydrogen-bond acceptors (Lipinski definition) is 5. The number of rotatable bonds is 2. The summed E-state index contributed by atoms with van der Waals surface area (Å²) < 4.78 is 0. The molecule has 0 aliphatic carbocycles. The van der Waals surface area contributed by atoms with Crippen molar-refractivity contribution in [1.82, 2.24) is 0 Å². The average molecular weight is 244 g/mol. The van der Waals surface area contributed by atoms with Crippen molar-refractivity contribution >= 4 is 17.2 Å². The Bertz CT molecular complexity index is 606. The highest BCUT2D eigenvalue weighted by Crippen LogP contribution is 2.35. The molecule has 2 rings (SSSR count). The van der Waals surface area contributed by atoms with Crippen molar-refractivity contribution in [2.45, 2.75) is 0 Å². The molecular formula is C13H12N2O3. The quantitative estimate of drug-likeness (QED) is 0.363. The largest absolute Gasteiger partial charge is 0.504 e. The lowest BCUT2D eigenvalue weighted by Crippen LogP contribution is -2.02. The Labute approximate surface area is 103 Å². The standard InChI is InChI=1S/C13H12N2O3/c14-8-3-1-7(2-4-8)11(16)9-5-6-10(15)13(18)12(9)17/h1-6,17-18H,14-15H2. The summed E-state index contributed by atoms with van der Waals surface area (Å²) in [4.78, 5) is 12.1. The number of carbonyl (C=O) groups excluding carboxylic acids is 1. The monoisotopic (exact) mass is 244 g/mol. The summed E-state index contributed by atoms with van der Waals surface area (Å²) in [5.41, 5.74) is 11.8. The number of aromatic hydroxyl groups is 2. The number of phenolic OH excluding ortho intramolecular Hbond substituents is 2. The van der Waals surface area contributed by atoms with Gasteiger partial charge in [0.25, 0.3) is 0 Å². The molecule has 5 heteroatoms. The second-order valence-electron chi connectivity index (χ2n) is 3.85. The summed E-state index contributed by atoms with van der Waals surface area (Å²) >= 11 is 0. The number of nitrogens with two attached hydrogens (primary N) is 2. The van der Waals surface area contributed by atoms with Gasteiger partial charge in [-0.3, -0.25) is 4.79 Å². The van der Waals surface area contributed by atoms with E-state index in [0.29, 0.717) is 11.3 Å². The van der Waals surface area contributed by atoms with Gasteiger partial charge in [-0.05, 0) is 36.4 Å². The summed E-state index contributed by atoms with van der Waals surface area (Å²) in [7, 11) is 0. The topological polar surface area (TPSA) is 110 Å². The molecule has 2 aromatic rings. The first-order chi connectivity index (χ1) is 8.50. The molecule has 6 N–H and O–H groups in total. The molecule has 0 radical (unpaired) electrons. The van der Waals surface area contributed by atoms with Crippen LogP contribution in [-0.4, -0.2) is 16.0 Å². The fourth-order valence-electron chi connectivity index (χ4n) is 1.57. The van der Waals surface area contributed by atoms with Crippen molar-refractivity contribution in [3.63, 3.8) is 0 Å². The molecule has 0 fully saturated rings. The van der Waals surface area contributed by atoms with E-state index in [4.69, 9.17) is 11.5 Å². The SMILES string of the molecule is Nc1ccc(C(=O)c2ccc(N)c(O)c2O)cc1. The second-order valence-corrected chi connectivity index (χ2v) is 3.85. The minimum atomic E-state index is -0.517. The Kier molecular flexibility index (Phi) is 2.81. The molecule has 0 bridgehead atoms. The molecule has 0 amide bonds. The van der Waals surface area contributed by atoms with Crippen LogP contribution in [0.15, 0.2) is 36.4 Å². The first-order valence-electron chi connectivity index (χ1n) is 5.21. The van der Waals surface area contributed by atoms with Crippen LogP contribution in [0.25, 0.3) is 0 Å². The van der Waals surface area contributed by atoms with Crippen LogP contribution in [0.1, 0.15) is 15.9 Å². The van der Waals surface area contributed by atoms with E-state index >= 15 is 0 Å². The molecule has 2 aromatic carbocycles. The van der Waals surface area contributed by atoms with Gasteiger partial charge in [0.05, 0.1) is 11.3 Å². The highest BCUT2D eigenvalue weighted by Gasteiger charge is 2.17. The Hall–Kier alpha value is -2.69. The van der Waals surface area contributed by atoms with Gasteiger partial charge in [0.2, 0.25) is 0 Å². The number of hydrogen-bond donors (Lipinski definition) is 4. The number of ketones is 1. The molecule has 0 aliphatic rings. The zero-order valence-electron chi connectivity index (χ0n) is 9.42. The maximum absolute atomic E-state index is 12.1. The molecule has 0 unspecified atom stereocenters. The van der Waals surface area contributed by atoms with E-state index in [9.17, 15) is 15.0 Å². The van der Waals surface area contributed by atoms with E-state index in [-0.39, 0.29) is 11.3 Å². The smallest absolute Gasteiger partial charge is 0.196 e. The molecular weight excluding hydrogens is 232 g/mol. The van der Waals surface area contributed by atoms with Crippen molar-refractivity contribution in [1.29, 1.82) is 0 Å². The van der Waals surface area contributed by atoms with Gasteiger partial charge >= 0.3 is 0 Å². The molecule has 0 saturated carbocycles. The number of phenols is 2. The highest BCUT2D eigenvalue weighted by molar-refractivity contribution is 6.11. The van der Waals surface area contributed by atoms with Crippen LogP contribution < -0.4 is 11.5 Å². The van der Waals surface area contributed by atoms with Gasteiger partial charge in [0.1, 0.15) is 0 Å². The Balaban J connectivity index is 2.46. The van der Waals surface area contributed by atoms with Gasteiger partial charge < -0.3 is 21.7 Å². The molecule has 0 aromatic heterocycles. The van der Waals surface area contributed by atoms with Crippen molar-refractivity contribution < 1.29 is 15.0 Å². The van der Waals surface area contributed by atoms with Crippen molar-refractivity contribution in [2.75, 3.05) is 11.5 Å². The summed E-state index contributed by atoms with van der Waals surface area (Å²) in [6, 6.07) is 8.99. The fourth-order valence-corrected chi connectivity index (χ4v) is 1.57. The van der Waals surface area contributed by atoms with Crippen LogP contribution >= 0.6 is 0 Å². The van der Waals surface area contributed by atoms with E-state index < -0.39 is 17.3 Å². The van der Waals surface area contributed by atoms with E-state index in [1.807, 2.05) is 0 Å². The van der Waals surface area contributed by atoms with E-state index in [1.165, 1.54) is 12.1 Å². The average Bonchev–Trinajstić information content (AvgIpc) is 2.36. The van der Waals surface area contributed by atoms with Gasteiger partial charge in [-0.2, -0.15) is 0 Å². The number of nitrogen functional groups attached to an aromatic ring is 2. The lowest BCUT2D eigenvalue weighted by atomic mass is 10.0. The normalized spacial score (nSPS) is 10.2. The van der Waals surface area contributed by atoms with Gasteiger partial charge in [-0.25, -0.2) is 0 Å². The molecule has 5 nitrogen and oxygen atoms in total. The van der Waals surface area contributed by atoms with E-state index in [0.717, 1.165) is 0 Å². The predicted molar refractivity (Wildman–Crippen MR) is 68.5 cm³/mol. The molecule has 0 spiro atoms. The summed E-state index contributed by atoms with van der Waals surface area (Å²) in [5.74, 6) is -1.42. The third kappa shape index (κ3) is 1.93. The third-order valence-electron chi connectivity index (χ3n) is 2.60. The van der Waals surface area contributed by atoms with Crippen LogP contribution in [-0.2, 0) is 0 Å². The number of carbonyl (C=O) groups is 1. The molecule has 0 aliphatic heterocycles. The number of benzene rings is 2. The Morgan fingerprint density at radius 1 is 0.889 bits per heavy atom. The predicted octanol–water partition coefficient (Wildman–Crippen LogP) is 1.49. The maximum atomic E-state index is 12.1. The van der Waals surface area contributed by atoms with Crippen molar-refractivity contribution in [3.8, 4) is 11.5 Å². The Morgan fingerprint density at radius 3 is 2.11 bits per heavy atom. The first kappa shape index (κ1) is 11.8. The van der Waals surface area contributed by atoms with Gasteiger partial charge in [-0.1, -0.05) is 0 Å². The number of anilines is 2. The van der Waals surface area contributed by atoms with Crippen LogP contribution in [0.4, 0.5) is 11.4 Å².